The fourth-order valence-corrected chi connectivity index (χ4v) is 5.29. The van der Waals surface area contributed by atoms with Crippen LogP contribution >= 0.6 is 0 Å². The first-order valence-corrected chi connectivity index (χ1v) is 10.4. The molecule has 28 heavy (non-hydrogen) atoms. The standard InChI is InChI=1S/C22H29N3O3/c1-22(2)20(27)25(21(28)24-22)13-12-17(26)23-19-16-11-7-6-10-15(16)18(19)14-8-4-3-5-9-14/h3-5,8-9,15-16,18-19H,6-7,10-13H2,1-2H3,(H,23,26)(H,24,28)/t15-,16+,18-,19-/m0/s1. The fourth-order valence-electron chi connectivity index (χ4n) is 5.29. The van der Waals surface area contributed by atoms with Crippen LogP contribution in [-0.4, -0.2) is 40.9 Å². The van der Waals surface area contributed by atoms with E-state index in [1.807, 2.05) is 6.07 Å². The minimum absolute atomic E-state index is 0.0831. The van der Waals surface area contributed by atoms with Crippen molar-refractivity contribution in [2.24, 2.45) is 11.8 Å². The summed E-state index contributed by atoms with van der Waals surface area (Å²) < 4.78 is 0. The quantitative estimate of drug-likeness (QED) is 0.768. The van der Waals surface area contributed by atoms with Crippen molar-refractivity contribution in [1.29, 1.82) is 0 Å². The first-order chi connectivity index (χ1) is 13.4. The highest BCUT2D eigenvalue weighted by Gasteiger charge is 2.51. The largest absolute Gasteiger partial charge is 0.352 e. The van der Waals surface area contributed by atoms with Gasteiger partial charge in [0.05, 0.1) is 0 Å². The number of fused-ring (bicyclic) bond motifs is 1. The van der Waals surface area contributed by atoms with E-state index in [9.17, 15) is 14.4 Å². The van der Waals surface area contributed by atoms with Crippen molar-refractivity contribution in [3.8, 4) is 0 Å². The molecule has 1 aliphatic heterocycles. The third kappa shape index (κ3) is 3.29. The highest BCUT2D eigenvalue weighted by atomic mass is 16.2. The van der Waals surface area contributed by atoms with Gasteiger partial charge in [0.1, 0.15) is 5.54 Å². The molecular weight excluding hydrogens is 354 g/mol. The van der Waals surface area contributed by atoms with E-state index in [1.54, 1.807) is 13.8 Å². The van der Waals surface area contributed by atoms with Gasteiger partial charge in [-0.15, -0.1) is 0 Å². The van der Waals surface area contributed by atoms with Crippen molar-refractivity contribution >= 4 is 17.8 Å². The van der Waals surface area contributed by atoms with Crippen LogP contribution in [0.15, 0.2) is 30.3 Å². The summed E-state index contributed by atoms with van der Waals surface area (Å²) >= 11 is 0. The van der Waals surface area contributed by atoms with E-state index in [0.717, 1.165) is 4.90 Å². The van der Waals surface area contributed by atoms with Crippen molar-refractivity contribution in [2.75, 3.05) is 6.54 Å². The van der Waals surface area contributed by atoms with Crippen LogP contribution in [0.4, 0.5) is 4.79 Å². The van der Waals surface area contributed by atoms with Crippen LogP contribution in [-0.2, 0) is 9.59 Å². The number of nitrogens with zero attached hydrogens (tertiary/aromatic N) is 1. The van der Waals surface area contributed by atoms with Crippen molar-refractivity contribution in [3.63, 3.8) is 0 Å². The summed E-state index contributed by atoms with van der Waals surface area (Å²) in [5.74, 6) is 1.20. The van der Waals surface area contributed by atoms with Crippen LogP contribution in [0.25, 0.3) is 0 Å². The van der Waals surface area contributed by atoms with E-state index < -0.39 is 11.6 Å². The number of nitrogens with one attached hydrogen (secondary N) is 2. The Kier molecular flexibility index (Phi) is 4.89. The molecule has 2 saturated carbocycles. The van der Waals surface area contributed by atoms with Gasteiger partial charge in [-0.05, 0) is 44.1 Å². The summed E-state index contributed by atoms with van der Waals surface area (Å²) in [4.78, 5) is 38.1. The van der Waals surface area contributed by atoms with Crippen LogP contribution in [0.5, 0.6) is 0 Å². The summed E-state index contributed by atoms with van der Waals surface area (Å²) in [6.07, 6.45) is 5.04. The van der Waals surface area contributed by atoms with Gasteiger partial charge in [-0.1, -0.05) is 43.2 Å². The third-order valence-corrected chi connectivity index (χ3v) is 6.70. The average molecular weight is 383 g/mol. The topological polar surface area (TPSA) is 78.5 Å². The summed E-state index contributed by atoms with van der Waals surface area (Å²) in [6.45, 7) is 3.47. The zero-order valence-corrected chi connectivity index (χ0v) is 16.6. The number of amides is 4. The molecule has 1 aromatic carbocycles. The molecule has 0 unspecified atom stereocenters. The first kappa shape index (κ1) is 19.0. The molecule has 3 fully saturated rings. The molecule has 0 bridgehead atoms. The lowest BCUT2D eigenvalue weighted by atomic mass is 9.53. The van der Waals surface area contributed by atoms with Crippen LogP contribution in [0.1, 0.15) is 57.4 Å². The fraction of sp³-hybridized carbons (Fsp3) is 0.591. The molecule has 150 valence electrons. The van der Waals surface area contributed by atoms with Gasteiger partial charge in [0.2, 0.25) is 5.91 Å². The van der Waals surface area contributed by atoms with Gasteiger partial charge in [0.15, 0.2) is 0 Å². The average Bonchev–Trinajstić information content (AvgIpc) is 2.86. The number of carbonyl (C=O) groups is 3. The van der Waals surface area contributed by atoms with Crippen LogP contribution in [0.2, 0.25) is 0 Å². The Hall–Kier alpha value is -2.37. The number of hydrogen-bond acceptors (Lipinski definition) is 3. The molecule has 3 aliphatic rings. The molecule has 4 rings (SSSR count). The molecule has 1 saturated heterocycles. The van der Waals surface area contributed by atoms with E-state index in [1.165, 1.54) is 31.2 Å². The molecule has 4 amide bonds. The molecular formula is C22H29N3O3. The minimum atomic E-state index is -0.894. The van der Waals surface area contributed by atoms with E-state index in [4.69, 9.17) is 0 Å². The van der Waals surface area contributed by atoms with E-state index >= 15 is 0 Å². The number of urea groups is 1. The predicted octanol–water partition coefficient (Wildman–Crippen LogP) is 2.80. The van der Waals surface area contributed by atoms with E-state index in [-0.39, 0.29) is 30.8 Å². The maximum Gasteiger partial charge on any atom is 0.325 e. The molecule has 0 radical (unpaired) electrons. The zero-order valence-electron chi connectivity index (χ0n) is 16.6. The summed E-state index contributed by atoms with van der Waals surface area (Å²) in [5, 5.41) is 5.88. The molecule has 2 aliphatic carbocycles. The van der Waals surface area contributed by atoms with Gasteiger partial charge in [0, 0.05) is 24.9 Å². The summed E-state index contributed by atoms with van der Waals surface area (Å²) in [5.41, 5.74) is 0.404. The normalized spacial score (nSPS) is 31.0. The van der Waals surface area contributed by atoms with E-state index in [2.05, 4.69) is 34.9 Å². The Labute approximate surface area is 166 Å². The van der Waals surface area contributed by atoms with Crippen LogP contribution < -0.4 is 10.6 Å². The van der Waals surface area contributed by atoms with Gasteiger partial charge < -0.3 is 10.6 Å². The molecule has 0 aromatic heterocycles. The highest BCUT2D eigenvalue weighted by molar-refractivity contribution is 6.06. The summed E-state index contributed by atoms with van der Waals surface area (Å²) in [7, 11) is 0. The number of hydrogen-bond donors (Lipinski definition) is 2. The SMILES string of the molecule is CC1(C)NC(=O)N(CCC(=O)N[C@H]2[C@@H]3CCCC[C@@H]3[C@@H]2c2ccccc2)C1=O. The number of carbonyl (C=O) groups excluding carboxylic acids is 3. The van der Waals surface area contributed by atoms with Crippen molar-refractivity contribution in [1.82, 2.24) is 15.5 Å². The molecule has 0 spiro atoms. The molecule has 4 atom stereocenters. The van der Waals surface area contributed by atoms with Crippen LogP contribution in [0, 0.1) is 11.8 Å². The lowest BCUT2D eigenvalue weighted by molar-refractivity contribution is -0.131. The molecule has 1 heterocycles. The van der Waals surface area contributed by atoms with Crippen molar-refractivity contribution < 1.29 is 14.4 Å². The lowest BCUT2D eigenvalue weighted by Gasteiger charge is -2.55. The van der Waals surface area contributed by atoms with Crippen LogP contribution in [0.3, 0.4) is 0 Å². The Morgan fingerprint density at radius 1 is 1.14 bits per heavy atom. The number of benzene rings is 1. The molecule has 6 nitrogen and oxygen atoms in total. The smallest absolute Gasteiger partial charge is 0.325 e. The second-order valence-electron chi connectivity index (χ2n) is 8.90. The maximum atomic E-state index is 12.6. The summed E-state index contributed by atoms with van der Waals surface area (Å²) in [6, 6.07) is 10.2. The number of rotatable bonds is 5. The first-order valence-electron chi connectivity index (χ1n) is 10.4. The van der Waals surface area contributed by atoms with Gasteiger partial charge in [-0.25, -0.2) is 4.79 Å². The highest BCUT2D eigenvalue weighted by Crippen LogP contribution is 2.54. The van der Waals surface area contributed by atoms with Crippen molar-refractivity contribution in [3.05, 3.63) is 35.9 Å². The minimum Gasteiger partial charge on any atom is -0.352 e. The Bertz CT molecular complexity index is 776. The third-order valence-electron chi connectivity index (χ3n) is 6.70. The second-order valence-corrected chi connectivity index (χ2v) is 8.90. The van der Waals surface area contributed by atoms with Gasteiger partial charge in [-0.3, -0.25) is 14.5 Å². The van der Waals surface area contributed by atoms with E-state index in [0.29, 0.717) is 17.8 Å². The lowest BCUT2D eigenvalue weighted by Crippen LogP contribution is -2.59. The molecule has 1 aromatic rings. The maximum absolute atomic E-state index is 12.6. The Morgan fingerprint density at radius 3 is 2.46 bits per heavy atom. The van der Waals surface area contributed by atoms with Crippen molar-refractivity contribution in [2.45, 2.75) is 63.5 Å². The molecule has 2 N–H and O–H groups in total. The number of imide groups is 1. The second kappa shape index (κ2) is 7.22. The predicted molar refractivity (Wildman–Crippen MR) is 106 cm³/mol. The van der Waals surface area contributed by atoms with Gasteiger partial charge in [0.25, 0.3) is 5.91 Å². The Balaban J connectivity index is 1.39. The Morgan fingerprint density at radius 2 is 1.82 bits per heavy atom. The molecule has 6 heteroatoms. The van der Waals surface area contributed by atoms with Gasteiger partial charge >= 0.3 is 6.03 Å². The van der Waals surface area contributed by atoms with Gasteiger partial charge in [-0.2, -0.15) is 0 Å². The monoisotopic (exact) mass is 383 g/mol. The zero-order chi connectivity index (χ0) is 19.9.